The average molecular weight is 337 g/mol. The normalized spacial score (nSPS) is 10.7. The van der Waals surface area contributed by atoms with Crippen LogP contribution in [0.25, 0.3) is 5.69 Å². The number of halogens is 1. The van der Waals surface area contributed by atoms with Crippen LogP contribution in [0.15, 0.2) is 54.7 Å². The monoisotopic (exact) mass is 337 g/mol. The Morgan fingerprint density at radius 2 is 1.80 bits per heavy atom. The predicted octanol–water partition coefficient (Wildman–Crippen LogP) is 3.81. The van der Waals surface area contributed by atoms with Crippen LogP contribution in [-0.2, 0) is 13.0 Å². The van der Waals surface area contributed by atoms with Gasteiger partial charge in [-0.3, -0.25) is 4.79 Å². The molecule has 4 nitrogen and oxygen atoms in total. The van der Waals surface area contributed by atoms with Crippen molar-refractivity contribution in [2.75, 3.05) is 0 Å². The van der Waals surface area contributed by atoms with Gasteiger partial charge in [-0.05, 0) is 43.2 Å². The molecular weight excluding hydrogens is 317 g/mol. The van der Waals surface area contributed by atoms with E-state index in [4.69, 9.17) is 0 Å². The molecule has 0 aliphatic rings. The number of hydrogen-bond acceptors (Lipinski definition) is 2. The fraction of sp³-hybridized carbons (Fsp3) is 0.200. The summed E-state index contributed by atoms with van der Waals surface area (Å²) in [6.45, 7) is 4.37. The van der Waals surface area contributed by atoms with E-state index in [0.29, 0.717) is 18.5 Å². The van der Waals surface area contributed by atoms with Crippen molar-refractivity contribution in [2.45, 2.75) is 26.8 Å². The summed E-state index contributed by atoms with van der Waals surface area (Å²) in [6.07, 6.45) is 2.28. The minimum atomic E-state index is -0.289. The van der Waals surface area contributed by atoms with E-state index in [1.54, 1.807) is 23.0 Å². The number of amides is 1. The van der Waals surface area contributed by atoms with E-state index in [-0.39, 0.29) is 11.7 Å². The van der Waals surface area contributed by atoms with Gasteiger partial charge in [0.25, 0.3) is 5.91 Å². The molecule has 0 atom stereocenters. The van der Waals surface area contributed by atoms with E-state index in [9.17, 15) is 9.18 Å². The third kappa shape index (κ3) is 3.76. The summed E-state index contributed by atoms with van der Waals surface area (Å²) in [5.74, 6) is -0.470. The number of hydrogen-bond donors (Lipinski definition) is 1. The molecule has 0 radical (unpaired) electrons. The zero-order valence-corrected chi connectivity index (χ0v) is 14.3. The van der Waals surface area contributed by atoms with Gasteiger partial charge in [0.05, 0.1) is 23.1 Å². The second-order valence-corrected chi connectivity index (χ2v) is 5.91. The summed E-state index contributed by atoms with van der Waals surface area (Å²) in [6, 6.07) is 14.1. The quantitative estimate of drug-likeness (QED) is 0.769. The molecule has 0 bridgehead atoms. The fourth-order valence-corrected chi connectivity index (χ4v) is 2.69. The zero-order valence-electron chi connectivity index (χ0n) is 14.3. The molecule has 0 spiro atoms. The van der Waals surface area contributed by atoms with E-state index >= 15 is 0 Å². The van der Waals surface area contributed by atoms with Gasteiger partial charge in [0.15, 0.2) is 0 Å². The van der Waals surface area contributed by atoms with Crippen LogP contribution in [0.5, 0.6) is 0 Å². The molecule has 0 saturated heterocycles. The molecule has 0 aliphatic heterocycles. The first kappa shape index (κ1) is 16.9. The lowest BCUT2D eigenvalue weighted by atomic mass is 10.1. The molecule has 0 unspecified atom stereocenters. The minimum Gasteiger partial charge on any atom is -0.348 e. The molecule has 3 rings (SSSR count). The van der Waals surface area contributed by atoms with Crippen molar-refractivity contribution < 1.29 is 9.18 Å². The summed E-state index contributed by atoms with van der Waals surface area (Å²) in [5, 5.41) is 7.25. The maximum Gasteiger partial charge on any atom is 0.255 e. The first-order valence-corrected chi connectivity index (χ1v) is 8.25. The minimum absolute atomic E-state index is 0.181. The number of aromatic nitrogens is 2. The van der Waals surface area contributed by atoms with Crippen molar-refractivity contribution in [3.05, 3.63) is 82.9 Å². The first-order chi connectivity index (χ1) is 12.1. The molecule has 2 aromatic carbocycles. The average Bonchev–Trinajstić information content (AvgIpc) is 3.05. The van der Waals surface area contributed by atoms with Crippen molar-refractivity contribution in [2.24, 2.45) is 0 Å². The third-order valence-corrected chi connectivity index (χ3v) is 4.09. The lowest BCUT2D eigenvalue weighted by molar-refractivity contribution is 0.0950. The molecule has 0 aliphatic carbocycles. The van der Waals surface area contributed by atoms with Crippen molar-refractivity contribution in [1.82, 2.24) is 15.1 Å². The highest BCUT2D eigenvalue weighted by Gasteiger charge is 2.17. The van der Waals surface area contributed by atoms with Crippen LogP contribution in [0.2, 0.25) is 0 Å². The molecule has 3 aromatic rings. The maximum absolute atomic E-state index is 12.9. The predicted molar refractivity (Wildman–Crippen MR) is 95.2 cm³/mol. The number of aryl methyl sites for hydroxylation is 1. The molecule has 5 heteroatoms. The summed E-state index contributed by atoms with van der Waals surface area (Å²) in [7, 11) is 0. The highest BCUT2D eigenvalue weighted by Crippen LogP contribution is 2.16. The van der Waals surface area contributed by atoms with Crippen molar-refractivity contribution in [3.8, 4) is 5.69 Å². The molecule has 1 heterocycles. The highest BCUT2D eigenvalue weighted by molar-refractivity contribution is 5.95. The molecular formula is C20H20FN3O. The molecule has 0 saturated carbocycles. The van der Waals surface area contributed by atoms with Gasteiger partial charge in [0, 0.05) is 6.54 Å². The Kier molecular flexibility index (Phi) is 4.93. The lowest BCUT2D eigenvalue weighted by Crippen LogP contribution is -2.23. The van der Waals surface area contributed by atoms with Gasteiger partial charge in [-0.25, -0.2) is 9.07 Å². The molecule has 0 fully saturated rings. The Labute approximate surface area is 146 Å². The van der Waals surface area contributed by atoms with E-state index in [1.807, 2.05) is 38.1 Å². The van der Waals surface area contributed by atoms with Crippen molar-refractivity contribution in [1.29, 1.82) is 0 Å². The van der Waals surface area contributed by atoms with Gasteiger partial charge in [0.1, 0.15) is 5.82 Å². The Morgan fingerprint density at radius 1 is 1.12 bits per heavy atom. The molecule has 1 N–H and O–H groups in total. The highest BCUT2D eigenvalue weighted by atomic mass is 19.1. The van der Waals surface area contributed by atoms with Gasteiger partial charge < -0.3 is 5.32 Å². The topological polar surface area (TPSA) is 46.9 Å². The zero-order chi connectivity index (χ0) is 17.8. The van der Waals surface area contributed by atoms with Gasteiger partial charge in [-0.15, -0.1) is 0 Å². The number of carbonyl (C=O) groups excluding carboxylic acids is 1. The molecule has 128 valence electrons. The lowest BCUT2D eigenvalue weighted by Gasteiger charge is -2.09. The van der Waals surface area contributed by atoms with Crippen molar-refractivity contribution in [3.63, 3.8) is 0 Å². The second-order valence-electron chi connectivity index (χ2n) is 5.91. The SMILES string of the molecule is CCc1c(C(=O)NCc2ccc(F)cc2)cnn1-c1ccc(C)cc1. The fourth-order valence-electron chi connectivity index (χ4n) is 2.69. The number of nitrogens with one attached hydrogen (secondary N) is 1. The Balaban J connectivity index is 1.78. The van der Waals surface area contributed by atoms with E-state index in [1.165, 1.54) is 17.7 Å². The van der Waals surface area contributed by atoms with Crippen LogP contribution >= 0.6 is 0 Å². The number of rotatable bonds is 5. The Hall–Kier alpha value is -2.95. The largest absolute Gasteiger partial charge is 0.348 e. The van der Waals surface area contributed by atoms with Crippen LogP contribution in [-0.4, -0.2) is 15.7 Å². The van der Waals surface area contributed by atoms with Crippen LogP contribution in [0.1, 0.15) is 34.1 Å². The Bertz CT molecular complexity index is 867. The van der Waals surface area contributed by atoms with E-state index in [2.05, 4.69) is 10.4 Å². The summed E-state index contributed by atoms with van der Waals surface area (Å²) < 4.78 is 14.7. The van der Waals surface area contributed by atoms with Crippen LogP contribution in [0, 0.1) is 12.7 Å². The van der Waals surface area contributed by atoms with Gasteiger partial charge in [-0.2, -0.15) is 5.10 Å². The third-order valence-electron chi connectivity index (χ3n) is 4.09. The number of benzene rings is 2. The van der Waals surface area contributed by atoms with E-state index in [0.717, 1.165) is 16.9 Å². The standard InChI is InChI=1S/C20H20FN3O/c1-3-19-18(13-23-24(19)17-10-4-14(2)5-11-17)20(25)22-12-15-6-8-16(21)9-7-15/h4-11,13H,3,12H2,1-2H3,(H,22,25). The van der Waals surface area contributed by atoms with Gasteiger partial charge >= 0.3 is 0 Å². The second kappa shape index (κ2) is 7.30. The van der Waals surface area contributed by atoms with E-state index < -0.39 is 0 Å². The van der Waals surface area contributed by atoms with Crippen LogP contribution in [0.4, 0.5) is 4.39 Å². The number of carbonyl (C=O) groups is 1. The Morgan fingerprint density at radius 3 is 2.44 bits per heavy atom. The maximum atomic E-state index is 12.9. The van der Waals surface area contributed by atoms with Gasteiger partial charge in [-0.1, -0.05) is 36.8 Å². The first-order valence-electron chi connectivity index (χ1n) is 8.25. The number of nitrogens with zero attached hydrogens (tertiary/aromatic N) is 2. The van der Waals surface area contributed by atoms with Crippen LogP contribution < -0.4 is 5.32 Å². The molecule has 1 amide bonds. The van der Waals surface area contributed by atoms with Crippen LogP contribution in [0.3, 0.4) is 0 Å². The molecule has 25 heavy (non-hydrogen) atoms. The van der Waals surface area contributed by atoms with Gasteiger partial charge in [0.2, 0.25) is 0 Å². The summed E-state index contributed by atoms with van der Waals surface area (Å²) >= 11 is 0. The summed E-state index contributed by atoms with van der Waals surface area (Å²) in [4.78, 5) is 12.5. The van der Waals surface area contributed by atoms with Crippen molar-refractivity contribution >= 4 is 5.91 Å². The smallest absolute Gasteiger partial charge is 0.255 e. The summed E-state index contributed by atoms with van der Waals surface area (Å²) in [5.41, 5.74) is 4.37. The molecule has 1 aromatic heterocycles.